The van der Waals surface area contributed by atoms with Gasteiger partial charge in [0.15, 0.2) is 0 Å². The molecule has 4 heteroatoms. The van der Waals surface area contributed by atoms with Crippen molar-refractivity contribution >= 4 is 0 Å². The van der Waals surface area contributed by atoms with Crippen molar-refractivity contribution in [2.24, 2.45) is 5.73 Å². The third-order valence-electron chi connectivity index (χ3n) is 3.29. The van der Waals surface area contributed by atoms with E-state index < -0.39 is 0 Å². The van der Waals surface area contributed by atoms with Gasteiger partial charge in [-0.05, 0) is 13.3 Å². The number of hydrogen-bond donors (Lipinski definition) is 1. The maximum Gasteiger partial charge on any atom is 0.0656 e. The third kappa shape index (κ3) is 2.91. The molecule has 1 aliphatic heterocycles. The molecule has 90 valence electrons. The normalized spacial score (nSPS) is 27.6. The molecular formula is C11H24N2O2. The van der Waals surface area contributed by atoms with Gasteiger partial charge in [0.2, 0.25) is 0 Å². The fraction of sp³-hybridized carbons (Fsp3) is 1.00. The number of morpholine rings is 1. The Morgan fingerprint density at radius 3 is 2.87 bits per heavy atom. The standard InChI is InChI=1S/C11H24N2O2/c1-4-10-7-15-6-5-13(10)11(2,8-12)9-14-3/h10H,4-9,12H2,1-3H3. The van der Waals surface area contributed by atoms with E-state index >= 15 is 0 Å². The van der Waals surface area contributed by atoms with Crippen molar-refractivity contribution in [3.63, 3.8) is 0 Å². The second kappa shape index (κ2) is 5.80. The molecule has 0 amide bonds. The number of ether oxygens (including phenoxy) is 2. The number of nitrogens with two attached hydrogens (primary N) is 1. The average Bonchev–Trinajstić information content (AvgIpc) is 2.29. The van der Waals surface area contributed by atoms with E-state index in [-0.39, 0.29) is 5.54 Å². The Kier molecular flexibility index (Phi) is 4.99. The van der Waals surface area contributed by atoms with Gasteiger partial charge in [-0.3, -0.25) is 4.90 Å². The van der Waals surface area contributed by atoms with Crippen LogP contribution in [0.25, 0.3) is 0 Å². The van der Waals surface area contributed by atoms with Gasteiger partial charge in [-0.15, -0.1) is 0 Å². The van der Waals surface area contributed by atoms with Gasteiger partial charge in [0.1, 0.15) is 0 Å². The van der Waals surface area contributed by atoms with Crippen LogP contribution in [0.4, 0.5) is 0 Å². The van der Waals surface area contributed by atoms with Gasteiger partial charge in [-0.25, -0.2) is 0 Å². The van der Waals surface area contributed by atoms with Gasteiger partial charge >= 0.3 is 0 Å². The predicted octanol–water partition coefficient (Wildman–Crippen LogP) is 0.461. The zero-order valence-electron chi connectivity index (χ0n) is 10.2. The minimum atomic E-state index is -0.0563. The Hall–Kier alpha value is -0.160. The molecule has 1 rings (SSSR count). The molecule has 2 atom stereocenters. The molecule has 0 radical (unpaired) electrons. The first-order valence-corrected chi connectivity index (χ1v) is 5.71. The minimum Gasteiger partial charge on any atom is -0.383 e. The molecular weight excluding hydrogens is 192 g/mol. The van der Waals surface area contributed by atoms with Crippen LogP contribution in [-0.2, 0) is 9.47 Å². The zero-order valence-corrected chi connectivity index (χ0v) is 10.2. The molecule has 1 aliphatic rings. The number of methoxy groups -OCH3 is 1. The first-order chi connectivity index (χ1) is 7.18. The lowest BCUT2D eigenvalue weighted by atomic mass is 9.97. The Balaban J connectivity index is 2.70. The summed E-state index contributed by atoms with van der Waals surface area (Å²) in [6, 6.07) is 0.474. The molecule has 4 nitrogen and oxygen atoms in total. The summed E-state index contributed by atoms with van der Waals surface area (Å²) >= 11 is 0. The largest absolute Gasteiger partial charge is 0.383 e. The van der Waals surface area contributed by atoms with Crippen molar-refractivity contribution in [2.45, 2.75) is 31.8 Å². The molecule has 15 heavy (non-hydrogen) atoms. The lowest BCUT2D eigenvalue weighted by Gasteiger charge is -2.47. The van der Waals surface area contributed by atoms with E-state index in [1.807, 2.05) is 0 Å². The fourth-order valence-corrected chi connectivity index (χ4v) is 2.27. The highest BCUT2D eigenvalue weighted by molar-refractivity contribution is 4.92. The molecule has 0 bridgehead atoms. The van der Waals surface area contributed by atoms with Crippen LogP contribution in [0.3, 0.4) is 0 Å². The van der Waals surface area contributed by atoms with Crippen LogP contribution in [0, 0.1) is 0 Å². The van der Waals surface area contributed by atoms with Crippen LogP contribution in [0.5, 0.6) is 0 Å². The quantitative estimate of drug-likeness (QED) is 0.725. The molecule has 1 saturated heterocycles. The van der Waals surface area contributed by atoms with E-state index in [4.69, 9.17) is 15.2 Å². The Labute approximate surface area is 92.7 Å². The van der Waals surface area contributed by atoms with Crippen LogP contribution >= 0.6 is 0 Å². The first-order valence-electron chi connectivity index (χ1n) is 5.71. The van der Waals surface area contributed by atoms with Crippen LogP contribution in [0.15, 0.2) is 0 Å². The van der Waals surface area contributed by atoms with E-state index in [0.717, 1.165) is 26.2 Å². The van der Waals surface area contributed by atoms with Gasteiger partial charge in [-0.2, -0.15) is 0 Å². The van der Waals surface area contributed by atoms with Gasteiger partial charge in [-0.1, -0.05) is 6.92 Å². The van der Waals surface area contributed by atoms with Crippen LogP contribution in [-0.4, -0.2) is 56.5 Å². The number of nitrogens with zero attached hydrogens (tertiary/aromatic N) is 1. The lowest BCUT2D eigenvalue weighted by Crippen LogP contribution is -2.62. The summed E-state index contributed by atoms with van der Waals surface area (Å²) in [4.78, 5) is 2.44. The van der Waals surface area contributed by atoms with Crippen molar-refractivity contribution < 1.29 is 9.47 Å². The van der Waals surface area contributed by atoms with E-state index in [9.17, 15) is 0 Å². The predicted molar refractivity (Wildman–Crippen MR) is 60.9 cm³/mol. The molecule has 1 heterocycles. The first kappa shape index (κ1) is 12.9. The van der Waals surface area contributed by atoms with Crippen molar-refractivity contribution in [3.05, 3.63) is 0 Å². The summed E-state index contributed by atoms with van der Waals surface area (Å²) in [6.45, 7) is 8.24. The Morgan fingerprint density at radius 1 is 1.60 bits per heavy atom. The smallest absolute Gasteiger partial charge is 0.0656 e. The van der Waals surface area contributed by atoms with Crippen LogP contribution < -0.4 is 5.73 Å². The Morgan fingerprint density at radius 2 is 2.33 bits per heavy atom. The van der Waals surface area contributed by atoms with Crippen molar-refractivity contribution in [1.82, 2.24) is 4.90 Å². The summed E-state index contributed by atoms with van der Waals surface area (Å²) in [5.74, 6) is 0. The fourth-order valence-electron chi connectivity index (χ4n) is 2.27. The summed E-state index contributed by atoms with van der Waals surface area (Å²) in [5, 5.41) is 0. The lowest BCUT2D eigenvalue weighted by molar-refractivity contribution is -0.0786. The molecule has 0 aromatic heterocycles. The second-order valence-electron chi connectivity index (χ2n) is 4.46. The molecule has 0 aromatic rings. The van der Waals surface area contributed by atoms with E-state index in [1.54, 1.807) is 7.11 Å². The Bertz CT molecular complexity index is 189. The molecule has 0 saturated carbocycles. The monoisotopic (exact) mass is 216 g/mol. The molecule has 2 N–H and O–H groups in total. The molecule has 0 spiro atoms. The highest BCUT2D eigenvalue weighted by Gasteiger charge is 2.36. The van der Waals surface area contributed by atoms with Gasteiger partial charge in [0.25, 0.3) is 0 Å². The summed E-state index contributed by atoms with van der Waals surface area (Å²) in [5.41, 5.74) is 5.82. The number of hydrogen-bond acceptors (Lipinski definition) is 4. The van der Waals surface area contributed by atoms with E-state index in [2.05, 4.69) is 18.7 Å². The maximum absolute atomic E-state index is 5.88. The minimum absolute atomic E-state index is 0.0563. The third-order valence-corrected chi connectivity index (χ3v) is 3.29. The highest BCUT2D eigenvalue weighted by atomic mass is 16.5. The van der Waals surface area contributed by atoms with E-state index in [0.29, 0.717) is 19.2 Å². The summed E-state index contributed by atoms with van der Waals surface area (Å²) < 4.78 is 10.8. The molecule has 1 fully saturated rings. The number of rotatable bonds is 5. The van der Waals surface area contributed by atoms with Crippen LogP contribution in [0.2, 0.25) is 0 Å². The molecule has 0 aromatic carbocycles. The maximum atomic E-state index is 5.88. The zero-order chi connectivity index (χ0) is 11.3. The second-order valence-corrected chi connectivity index (χ2v) is 4.46. The van der Waals surface area contributed by atoms with Crippen molar-refractivity contribution in [3.8, 4) is 0 Å². The molecule has 2 unspecified atom stereocenters. The highest BCUT2D eigenvalue weighted by Crippen LogP contribution is 2.22. The van der Waals surface area contributed by atoms with Gasteiger partial charge in [0.05, 0.1) is 25.4 Å². The van der Waals surface area contributed by atoms with Crippen molar-refractivity contribution in [2.75, 3.05) is 40.0 Å². The van der Waals surface area contributed by atoms with E-state index in [1.165, 1.54) is 0 Å². The topological polar surface area (TPSA) is 47.7 Å². The summed E-state index contributed by atoms with van der Waals surface area (Å²) in [7, 11) is 1.73. The van der Waals surface area contributed by atoms with Gasteiger partial charge in [0, 0.05) is 26.2 Å². The summed E-state index contributed by atoms with van der Waals surface area (Å²) in [6.07, 6.45) is 1.10. The average molecular weight is 216 g/mol. The molecule has 0 aliphatic carbocycles. The SMILES string of the molecule is CCC1COCCN1C(C)(CN)COC. The van der Waals surface area contributed by atoms with Crippen LogP contribution in [0.1, 0.15) is 20.3 Å². The van der Waals surface area contributed by atoms with Crippen molar-refractivity contribution in [1.29, 1.82) is 0 Å². The van der Waals surface area contributed by atoms with Gasteiger partial charge < -0.3 is 15.2 Å².